The van der Waals surface area contributed by atoms with Gasteiger partial charge in [-0.25, -0.2) is 0 Å². The zero-order valence-electron chi connectivity index (χ0n) is 13.6. The summed E-state index contributed by atoms with van der Waals surface area (Å²) in [7, 11) is 2.14. The molecule has 1 saturated heterocycles. The van der Waals surface area contributed by atoms with E-state index in [9.17, 15) is 4.79 Å². The Morgan fingerprint density at radius 2 is 2.05 bits per heavy atom. The third-order valence-electron chi connectivity index (χ3n) is 4.41. The first-order chi connectivity index (χ1) is 9.58. The number of nitrogens with two attached hydrogens (primary N) is 1. The van der Waals surface area contributed by atoms with Crippen LogP contribution in [-0.4, -0.2) is 55.0 Å². The smallest absolute Gasteiger partial charge is 0.222 e. The number of carbonyl (C=O) groups is 1. The third kappa shape index (κ3) is 5.80. The van der Waals surface area contributed by atoms with Crippen LogP contribution >= 0.6 is 0 Å². The van der Waals surface area contributed by atoms with Crippen molar-refractivity contribution in [3.05, 3.63) is 0 Å². The highest BCUT2D eigenvalue weighted by molar-refractivity contribution is 5.76. The van der Waals surface area contributed by atoms with Crippen molar-refractivity contribution in [2.75, 3.05) is 33.2 Å². The Morgan fingerprint density at radius 3 is 2.70 bits per heavy atom. The molecule has 0 bridgehead atoms. The van der Waals surface area contributed by atoms with E-state index in [-0.39, 0.29) is 0 Å². The SMILES string of the molecule is CCCC(CCN)CCC(=O)N1CCCN(C)CC1C. The van der Waals surface area contributed by atoms with Crippen molar-refractivity contribution in [2.24, 2.45) is 11.7 Å². The highest BCUT2D eigenvalue weighted by atomic mass is 16.2. The Hall–Kier alpha value is -0.610. The lowest BCUT2D eigenvalue weighted by molar-refractivity contribution is -0.133. The second kappa shape index (κ2) is 9.35. The topological polar surface area (TPSA) is 49.6 Å². The Labute approximate surface area is 124 Å². The molecule has 0 radical (unpaired) electrons. The average Bonchev–Trinajstić information content (AvgIpc) is 2.57. The average molecular weight is 283 g/mol. The van der Waals surface area contributed by atoms with E-state index < -0.39 is 0 Å². The second-order valence-electron chi connectivity index (χ2n) is 6.32. The van der Waals surface area contributed by atoms with E-state index in [1.807, 2.05) is 0 Å². The van der Waals surface area contributed by atoms with Gasteiger partial charge < -0.3 is 15.5 Å². The van der Waals surface area contributed by atoms with Crippen molar-refractivity contribution in [1.29, 1.82) is 0 Å². The molecule has 1 amide bonds. The molecule has 2 N–H and O–H groups in total. The molecule has 0 saturated carbocycles. The fraction of sp³-hybridized carbons (Fsp3) is 0.938. The molecule has 0 aromatic rings. The van der Waals surface area contributed by atoms with E-state index in [0.29, 0.717) is 24.3 Å². The first kappa shape index (κ1) is 17.4. The molecular formula is C16H33N3O. The van der Waals surface area contributed by atoms with Gasteiger partial charge in [-0.3, -0.25) is 4.79 Å². The van der Waals surface area contributed by atoms with Gasteiger partial charge in [-0.15, -0.1) is 0 Å². The van der Waals surface area contributed by atoms with E-state index in [2.05, 4.69) is 30.7 Å². The van der Waals surface area contributed by atoms with Crippen molar-refractivity contribution in [3.8, 4) is 0 Å². The van der Waals surface area contributed by atoms with Gasteiger partial charge in [-0.1, -0.05) is 19.8 Å². The number of nitrogens with zero attached hydrogens (tertiary/aromatic N) is 2. The largest absolute Gasteiger partial charge is 0.339 e. The Morgan fingerprint density at radius 1 is 1.30 bits per heavy atom. The second-order valence-corrected chi connectivity index (χ2v) is 6.32. The standard InChI is InChI=1S/C16H33N3O/c1-4-6-15(9-10-17)7-8-16(20)19-12-5-11-18(3)13-14(19)2/h14-15H,4-13,17H2,1-3H3. The van der Waals surface area contributed by atoms with Gasteiger partial charge in [-0.05, 0) is 52.2 Å². The van der Waals surface area contributed by atoms with Gasteiger partial charge in [0.05, 0.1) is 0 Å². The normalized spacial score (nSPS) is 22.6. The van der Waals surface area contributed by atoms with Gasteiger partial charge in [0, 0.05) is 25.6 Å². The van der Waals surface area contributed by atoms with Gasteiger partial charge in [-0.2, -0.15) is 0 Å². The maximum Gasteiger partial charge on any atom is 0.222 e. The van der Waals surface area contributed by atoms with Gasteiger partial charge in [0.25, 0.3) is 0 Å². The van der Waals surface area contributed by atoms with Crippen molar-refractivity contribution < 1.29 is 4.79 Å². The molecule has 0 aromatic carbocycles. The molecule has 4 heteroatoms. The number of carbonyl (C=O) groups excluding carboxylic acids is 1. The molecule has 2 unspecified atom stereocenters. The maximum absolute atomic E-state index is 12.5. The van der Waals surface area contributed by atoms with Crippen molar-refractivity contribution in [1.82, 2.24) is 9.80 Å². The van der Waals surface area contributed by atoms with E-state index in [4.69, 9.17) is 5.73 Å². The summed E-state index contributed by atoms with van der Waals surface area (Å²) in [4.78, 5) is 16.9. The number of hydrogen-bond acceptors (Lipinski definition) is 3. The number of amides is 1. The number of likely N-dealkylation sites (N-methyl/N-ethyl adjacent to an activating group) is 1. The van der Waals surface area contributed by atoms with Gasteiger partial charge in [0.2, 0.25) is 5.91 Å². The van der Waals surface area contributed by atoms with Crippen molar-refractivity contribution in [2.45, 2.75) is 58.4 Å². The van der Waals surface area contributed by atoms with Crippen molar-refractivity contribution in [3.63, 3.8) is 0 Å². The molecule has 1 aliphatic rings. The number of hydrogen-bond donors (Lipinski definition) is 1. The van der Waals surface area contributed by atoms with Gasteiger partial charge in [0.1, 0.15) is 0 Å². The highest BCUT2D eigenvalue weighted by Gasteiger charge is 2.24. The lowest BCUT2D eigenvalue weighted by Crippen LogP contribution is -2.42. The van der Waals surface area contributed by atoms with E-state index in [1.54, 1.807) is 0 Å². The lowest BCUT2D eigenvalue weighted by atomic mass is 9.94. The molecule has 118 valence electrons. The maximum atomic E-state index is 12.5. The van der Waals surface area contributed by atoms with Crippen LogP contribution in [0.15, 0.2) is 0 Å². The Balaban J connectivity index is 2.43. The minimum atomic E-state index is 0.339. The Bertz CT molecular complexity index is 277. The summed E-state index contributed by atoms with van der Waals surface area (Å²) in [5, 5.41) is 0. The van der Waals surface area contributed by atoms with Crippen LogP contribution < -0.4 is 5.73 Å². The lowest BCUT2D eigenvalue weighted by Gasteiger charge is -2.28. The molecule has 20 heavy (non-hydrogen) atoms. The predicted molar refractivity (Wildman–Crippen MR) is 84.6 cm³/mol. The predicted octanol–water partition coefficient (Wildman–Crippen LogP) is 2.08. The fourth-order valence-electron chi connectivity index (χ4n) is 3.29. The first-order valence-corrected chi connectivity index (χ1v) is 8.26. The molecule has 1 fully saturated rings. The van der Waals surface area contributed by atoms with Crippen LogP contribution in [0.3, 0.4) is 0 Å². The van der Waals surface area contributed by atoms with E-state index in [1.165, 1.54) is 12.8 Å². The molecule has 0 spiro atoms. The monoisotopic (exact) mass is 283 g/mol. The molecule has 2 atom stereocenters. The highest BCUT2D eigenvalue weighted by Crippen LogP contribution is 2.19. The van der Waals surface area contributed by atoms with Gasteiger partial charge in [0.15, 0.2) is 0 Å². The van der Waals surface area contributed by atoms with Crippen molar-refractivity contribution >= 4 is 5.91 Å². The summed E-state index contributed by atoms with van der Waals surface area (Å²) in [6.07, 6.45) is 6.22. The molecule has 4 nitrogen and oxygen atoms in total. The third-order valence-corrected chi connectivity index (χ3v) is 4.41. The fourth-order valence-corrected chi connectivity index (χ4v) is 3.29. The molecule has 0 aromatic heterocycles. The number of rotatable bonds is 7. The molecule has 1 heterocycles. The van der Waals surface area contributed by atoms with Crippen LogP contribution in [0.25, 0.3) is 0 Å². The molecule has 1 rings (SSSR count). The first-order valence-electron chi connectivity index (χ1n) is 8.26. The summed E-state index contributed by atoms with van der Waals surface area (Å²) in [5.74, 6) is 0.963. The van der Waals surface area contributed by atoms with Crippen LogP contribution in [-0.2, 0) is 4.79 Å². The minimum Gasteiger partial charge on any atom is -0.339 e. The van der Waals surface area contributed by atoms with E-state index >= 15 is 0 Å². The van der Waals surface area contributed by atoms with Crippen LogP contribution in [0.5, 0.6) is 0 Å². The quantitative estimate of drug-likeness (QED) is 0.778. The minimum absolute atomic E-state index is 0.339. The van der Waals surface area contributed by atoms with Crippen LogP contribution in [0.2, 0.25) is 0 Å². The summed E-state index contributed by atoms with van der Waals surface area (Å²) < 4.78 is 0. The van der Waals surface area contributed by atoms with E-state index in [0.717, 1.165) is 45.4 Å². The zero-order chi connectivity index (χ0) is 15.0. The summed E-state index contributed by atoms with van der Waals surface area (Å²) in [6.45, 7) is 8.12. The van der Waals surface area contributed by atoms with Crippen LogP contribution in [0.1, 0.15) is 52.4 Å². The summed E-state index contributed by atoms with van der Waals surface area (Å²) >= 11 is 0. The summed E-state index contributed by atoms with van der Waals surface area (Å²) in [6, 6.07) is 0.342. The Kier molecular flexibility index (Phi) is 8.15. The van der Waals surface area contributed by atoms with Crippen LogP contribution in [0, 0.1) is 5.92 Å². The molecule has 0 aliphatic carbocycles. The van der Waals surface area contributed by atoms with Crippen LogP contribution in [0.4, 0.5) is 0 Å². The summed E-state index contributed by atoms with van der Waals surface area (Å²) in [5.41, 5.74) is 5.67. The zero-order valence-corrected chi connectivity index (χ0v) is 13.6. The molecular weight excluding hydrogens is 250 g/mol. The van der Waals surface area contributed by atoms with Gasteiger partial charge >= 0.3 is 0 Å². The molecule has 1 aliphatic heterocycles.